The second-order valence-corrected chi connectivity index (χ2v) is 4.74. The predicted molar refractivity (Wildman–Crippen MR) is 72.8 cm³/mol. The smallest absolute Gasteiger partial charge is 0.123 e. The van der Waals surface area contributed by atoms with Crippen molar-refractivity contribution in [2.75, 3.05) is 0 Å². The molecule has 0 fully saturated rings. The predicted octanol–water partition coefficient (Wildman–Crippen LogP) is 3.69. The van der Waals surface area contributed by atoms with E-state index in [2.05, 4.69) is 12.2 Å². The lowest BCUT2D eigenvalue weighted by molar-refractivity contribution is 0.541. The van der Waals surface area contributed by atoms with E-state index in [0.29, 0.717) is 6.54 Å². The van der Waals surface area contributed by atoms with Gasteiger partial charge < -0.3 is 5.32 Å². The van der Waals surface area contributed by atoms with Crippen molar-refractivity contribution < 1.29 is 8.78 Å². The van der Waals surface area contributed by atoms with Crippen LogP contribution in [0.2, 0.25) is 0 Å². The van der Waals surface area contributed by atoms with Crippen molar-refractivity contribution in [3.8, 4) is 0 Å². The third-order valence-electron chi connectivity index (χ3n) is 3.00. The zero-order valence-electron chi connectivity index (χ0n) is 10.9. The largest absolute Gasteiger partial charge is 0.310 e. The Morgan fingerprint density at radius 1 is 0.947 bits per heavy atom. The van der Waals surface area contributed by atoms with E-state index in [1.165, 1.54) is 24.3 Å². The lowest BCUT2D eigenvalue weighted by atomic mass is 10.1. The van der Waals surface area contributed by atoms with Crippen LogP contribution in [0.1, 0.15) is 18.1 Å². The summed E-state index contributed by atoms with van der Waals surface area (Å²) in [5, 5.41) is 3.33. The first-order valence-electron chi connectivity index (χ1n) is 6.36. The van der Waals surface area contributed by atoms with Gasteiger partial charge in [0, 0.05) is 12.6 Å². The van der Waals surface area contributed by atoms with Gasteiger partial charge in [0.05, 0.1) is 0 Å². The SMILES string of the molecule is CC(Cc1ccc(F)cc1)NCc1cccc(F)c1. The zero-order valence-corrected chi connectivity index (χ0v) is 10.9. The molecule has 1 atom stereocenters. The van der Waals surface area contributed by atoms with Crippen molar-refractivity contribution in [3.63, 3.8) is 0 Å². The Bertz CT molecular complexity index is 523. The molecule has 0 spiro atoms. The minimum Gasteiger partial charge on any atom is -0.310 e. The molecule has 0 aromatic heterocycles. The first-order chi connectivity index (χ1) is 9.13. The molecule has 1 nitrogen and oxygen atoms in total. The first kappa shape index (κ1) is 13.7. The molecular formula is C16H17F2N. The standard InChI is InChI=1S/C16H17F2N/c1-12(9-13-5-7-15(17)8-6-13)19-11-14-3-2-4-16(18)10-14/h2-8,10,12,19H,9,11H2,1H3. The molecule has 0 heterocycles. The Balaban J connectivity index is 1.84. The van der Waals surface area contributed by atoms with Crippen molar-refractivity contribution in [2.24, 2.45) is 0 Å². The molecule has 19 heavy (non-hydrogen) atoms. The van der Waals surface area contributed by atoms with Gasteiger partial charge in [-0.15, -0.1) is 0 Å². The summed E-state index contributed by atoms with van der Waals surface area (Å²) in [5.41, 5.74) is 2.01. The molecule has 0 aliphatic heterocycles. The maximum Gasteiger partial charge on any atom is 0.123 e. The van der Waals surface area contributed by atoms with E-state index >= 15 is 0 Å². The average Bonchev–Trinajstić information content (AvgIpc) is 2.39. The maximum atomic E-state index is 13.0. The monoisotopic (exact) mass is 261 g/mol. The summed E-state index contributed by atoms with van der Waals surface area (Å²) in [6.07, 6.45) is 0.815. The van der Waals surface area contributed by atoms with Crippen molar-refractivity contribution in [1.29, 1.82) is 0 Å². The first-order valence-corrected chi connectivity index (χ1v) is 6.36. The van der Waals surface area contributed by atoms with E-state index in [1.54, 1.807) is 18.2 Å². The van der Waals surface area contributed by atoms with Crippen molar-refractivity contribution in [3.05, 3.63) is 71.3 Å². The topological polar surface area (TPSA) is 12.0 Å². The molecule has 1 N–H and O–H groups in total. The van der Waals surface area contributed by atoms with Gasteiger partial charge in [0.2, 0.25) is 0 Å². The highest BCUT2D eigenvalue weighted by atomic mass is 19.1. The third kappa shape index (κ3) is 4.45. The summed E-state index contributed by atoms with van der Waals surface area (Å²) in [7, 11) is 0. The van der Waals surface area contributed by atoms with E-state index in [4.69, 9.17) is 0 Å². The molecular weight excluding hydrogens is 244 g/mol. The van der Waals surface area contributed by atoms with E-state index < -0.39 is 0 Å². The minimum absolute atomic E-state index is 0.217. The highest BCUT2D eigenvalue weighted by Crippen LogP contribution is 2.07. The fourth-order valence-corrected chi connectivity index (χ4v) is 1.99. The minimum atomic E-state index is -0.218. The molecule has 3 heteroatoms. The number of hydrogen-bond acceptors (Lipinski definition) is 1. The Hall–Kier alpha value is -1.74. The van der Waals surface area contributed by atoms with Gasteiger partial charge in [-0.25, -0.2) is 8.78 Å². The van der Waals surface area contributed by atoms with Crippen molar-refractivity contribution in [2.45, 2.75) is 25.9 Å². The Morgan fingerprint density at radius 3 is 2.37 bits per heavy atom. The van der Waals surface area contributed by atoms with Gasteiger partial charge in [-0.2, -0.15) is 0 Å². The second kappa shape index (κ2) is 6.43. The van der Waals surface area contributed by atoms with Crippen LogP contribution >= 0.6 is 0 Å². The van der Waals surface area contributed by atoms with Crippen LogP contribution in [-0.4, -0.2) is 6.04 Å². The van der Waals surface area contributed by atoms with Crippen LogP contribution in [0.25, 0.3) is 0 Å². The molecule has 0 aliphatic carbocycles. The molecule has 2 rings (SSSR count). The zero-order chi connectivity index (χ0) is 13.7. The van der Waals surface area contributed by atoms with E-state index in [9.17, 15) is 8.78 Å². The van der Waals surface area contributed by atoms with Crippen LogP contribution < -0.4 is 5.32 Å². The summed E-state index contributed by atoms with van der Waals surface area (Å²) in [6.45, 7) is 2.68. The van der Waals surface area contributed by atoms with Crippen molar-refractivity contribution >= 4 is 0 Å². The highest BCUT2D eigenvalue weighted by Gasteiger charge is 2.04. The summed E-state index contributed by atoms with van der Waals surface area (Å²) >= 11 is 0. The summed E-state index contributed by atoms with van der Waals surface area (Å²) in [6, 6.07) is 13.3. The van der Waals surface area contributed by atoms with Crippen LogP contribution in [0.15, 0.2) is 48.5 Å². The summed E-state index contributed by atoms with van der Waals surface area (Å²) < 4.78 is 25.8. The van der Waals surface area contributed by atoms with E-state index in [-0.39, 0.29) is 17.7 Å². The number of hydrogen-bond donors (Lipinski definition) is 1. The molecule has 0 saturated carbocycles. The van der Waals surface area contributed by atoms with Gasteiger partial charge in [-0.05, 0) is 48.7 Å². The molecule has 0 bridgehead atoms. The normalized spacial score (nSPS) is 12.4. The van der Waals surface area contributed by atoms with Crippen LogP contribution in [0.3, 0.4) is 0 Å². The van der Waals surface area contributed by atoms with Crippen LogP contribution in [-0.2, 0) is 13.0 Å². The molecule has 2 aromatic rings. The van der Waals surface area contributed by atoms with Gasteiger partial charge in [-0.1, -0.05) is 24.3 Å². The third-order valence-corrected chi connectivity index (χ3v) is 3.00. The van der Waals surface area contributed by atoms with Crippen LogP contribution in [0.4, 0.5) is 8.78 Å². The van der Waals surface area contributed by atoms with Crippen LogP contribution in [0.5, 0.6) is 0 Å². The lowest BCUT2D eigenvalue weighted by Crippen LogP contribution is -2.27. The summed E-state index contributed by atoms with van der Waals surface area (Å²) in [4.78, 5) is 0. The molecule has 0 saturated heterocycles. The molecule has 2 aromatic carbocycles. The van der Waals surface area contributed by atoms with Gasteiger partial charge in [0.1, 0.15) is 11.6 Å². The number of rotatable bonds is 5. The fraction of sp³-hybridized carbons (Fsp3) is 0.250. The van der Waals surface area contributed by atoms with Gasteiger partial charge >= 0.3 is 0 Å². The summed E-state index contributed by atoms with van der Waals surface area (Å²) in [5.74, 6) is -0.436. The average molecular weight is 261 g/mol. The Morgan fingerprint density at radius 2 is 1.68 bits per heavy atom. The molecule has 100 valence electrons. The molecule has 1 unspecified atom stereocenters. The van der Waals surface area contributed by atoms with Gasteiger partial charge in [0.15, 0.2) is 0 Å². The lowest BCUT2D eigenvalue weighted by Gasteiger charge is -2.14. The second-order valence-electron chi connectivity index (χ2n) is 4.74. The fourth-order valence-electron chi connectivity index (χ4n) is 1.99. The molecule has 0 aliphatic rings. The van der Waals surface area contributed by atoms with Crippen LogP contribution in [0, 0.1) is 11.6 Å². The van der Waals surface area contributed by atoms with E-state index in [1.807, 2.05) is 6.07 Å². The Labute approximate surface area is 112 Å². The molecule has 0 amide bonds. The highest BCUT2D eigenvalue weighted by molar-refractivity contribution is 5.18. The quantitative estimate of drug-likeness (QED) is 0.865. The van der Waals surface area contributed by atoms with E-state index in [0.717, 1.165) is 17.5 Å². The maximum absolute atomic E-state index is 13.0. The number of benzene rings is 2. The molecule has 0 radical (unpaired) electrons. The van der Waals surface area contributed by atoms with Gasteiger partial charge in [-0.3, -0.25) is 0 Å². The van der Waals surface area contributed by atoms with Gasteiger partial charge in [0.25, 0.3) is 0 Å². The number of nitrogens with one attached hydrogen (secondary N) is 1. The number of halogens is 2. The Kier molecular flexibility index (Phi) is 4.63. The van der Waals surface area contributed by atoms with Crippen molar-refractivity contribution in [1.82, 2.24) is 5.32 Å².